The van der Waals surface area contributed by atoms with E-state index >= 15 is 0 Å². The maximum absolute atomic E-state index is 12.8. The van der Waals surface area contributed by atoms with Crippen LogP contribution in [0.4, 0.5) is 4.39 Å². The Kier molecular flexibility index (Phi) is 7.23. The predicted octanol–water partition coefficient (Wildman–Crippen LogP) is 2.94. The largest absolute Gasteiger partial charge is 0.341 e. The molecule has 0 aromatic heterocycles. The van der Waals surface area contributed by atoms with Crippen LogP contribution in [0, 0.1) is 11.7 Å². The quantitative estimate of drug-likeness (QED) is 0.796. The summed E-state index contributed by atoms with van der Waals surface area (Å²) in [5.74, 6) is 0.406. The van der Waals surface area contributed by atoms with Crippen LogP contribution < -0.4 is 5.73 Å². The van der Waals surface area contributed by atoms with Crippen LogP contribution >= 0.6 is 0 Å². The van der Waals surface area contributed by atoms with Gasteiger partial charge in [-0.2, -0.15) is 0 Å². The van der Waals surface area contributed by atoms with Crippen molar-refractivity contribution < 1.29 is 9.18 Å². The number of carbonyl (C=O) groups excluding carboxylic acids is 1. The molecule has 0 fully saturated rings. The summed E-state index contributed by atoms with van der Waals surface area (Å²) in [5, 5.41) is 0. The number of amides is 1. The molecule has 3 nitrogen and oxygen atoms in total. The van der Waals surface area contributed by atoms with Crippen LogP contribution in [0.1, 0.15) is 38.2 Å². The molecule has 1 amide bonds. The molecule has 0 aliphatic carbocycles. The van der Waals surface area contributed by atoms with Crippen LogP contribution in [0.3, 0.4) is 0 Å². The second-order valence-electron chi connectivity index (χ2n) is 5.27. The SMILES string of the molecule is CCC(CCN)CCC(=O)N(C)Cc1ccc(F)cc1. The summed E-state index contributed by atoms with van der Waals surface area (Å²) in [6.07, 6.45) is 3.48. The Balaban J connectivity index is 2.40. The summed E-state index contributed by atoms with van der Waals surface area (Å²) in [4.78, 5) is 13.8. The maximum atomic E-state index is 12.8. The van der Waals surface area contributed by atoms with Crippen LogP contribution in [-0.4, -0.2) is 24.4 Å². The first kappa shape index (κ1) is 16.6. The molecule has 0 spiro atoms. The molecule has 2 N–H and O–H groups in total. The normalized spacial score (nSPS) is 12.2. The first-order valence-corrected chi connectivity index (χ1v) is 7.25. The standard InChI is InChI=1S/C16H25FN2O/c1-3-13(10-11-18)6-9-16(20)19(2)12-14-4-7-15(17)8-5-14/h4-5,7-8,13H,3,6,9-12,18H2,1-2H3. The van der Waals surface area contributed by atoms with E-state index in [1.165, 1.54) is 12.1 Å². The van der Waals surface area contributed by atoms with Crippen molar-refractivity contribution in [2.75, 3.05) is 13.6 Å². The molecule has 1 rings (SSSR count). The lowest BCUT2D eigenvalue weighted by Crippen LogP contribution is -2.26. The molecule has 1 aromatic rings. The number of benzene rings is 1. The molecule has 1 aromatic carbocycles. The number of nitrogens with two attached hydrogens (primary N) is 1. The highest BCUT2D eigenvalue weighted by Crippen LogP contribution is 2.16. The summed E-state index contributed by atoms with van der Waals surface area (Å²) < 4.78 is 12.8. The van der Waals surface area contributed by atoms with E-state index in [2.05, 4.69) is 6.92 Å². The molecular weight excluding hydrogens is 255 g/mol. The molecule has 0 heterocycles. The van der Waals surface area contributed by atoms with Gasteiger partial charge in [0.15, 0.2) is 0 Å². The average molecular weight is 280 g/mol. The molecule has 0 aliphatic heterocycles. The second-order valence-corrected chi connectivity index (χ2v) is 5.27. The molecular formula is C16H25FN2O. The lowest BCUT2D eigenvalue weighted by atomic mass is 9.96. The minimum atomic E-state index is -0.254. The highest BCUT2D eigenvalue weighted by atomic mass is 19.1. The van der Waals surface area contributed by atoms with Crippen molar-refractivity contribution >= 4 is 5.91 Å². The number of hydrogen-bond acceptors (Lipinski definition) is 2. The van der Waals surface area contributed by atoms with Crippen LogP contribution in [0.25, 0.3) is 0 Å². The summed E-state index contributed by atoms with van der Waals surface area (Å²) in [5.41, 5.74) is 6.50. The number of carbonyl (C=O) groups is 1. The molecule has 4 heteroatoms. The molecule has 0 aliphatic rings. The molecule has 1 unspecified atom stereocenters. The van der Waals surface area contributed by atoms with Gasteiger partial charge in [0.1, 0.15) is 5.82 Å². The second kappa shape index (κ2) is 8.69. The van der Waals surface area contributed by atoms with Crippen LogP contribution in [-0.2, 0) is 11.3 Å². The Morgan fingerprint density at radius 3 is 2.50 bits per heavy atom. The fourth-order valence-electron chi connectivity index (χ4n) is 2.26. The first-order valence-electron chi connectivity index (χ1n) is 7.25. The highest BCUT2D eigenvalue weighted by Gasteiger charge is 2.12. The van der Waals surface area contributed by atoms with E-state index in [0.29, 0.717) is 25.4 Å². The summed E-state index contributed by atoms with van der Waals surface area (Å²) in [6, 6.07) is 6.26. The van der Waals surface area contributed by atoms with Crippen molar-refractivity contribution in [2.45, 2.75) is 39.2 Å². The Morgan fingerprint density at radius 1 is 1.30 bits per heavy atom. The Morgan fingerprint density at radius 2 is 1.95 bits per heavy atom. The monoisotopic (exact) mass is 280 g/mol. The zero-order chi connectivity index (χ0) is 15.0. The van der Waals surface area contributed by atoms with E-state index in [-0.39, 0.29) is 11.7 Å². The van der Waals surface area contributed by atoms with Crippen LogP contribution in [0.2, 0.25) is 0 Å². The number of rotatable bonds is 8. The topological polar surface area (TPSA) is 46.3 Å². The lowest BCUT2D eigenvalue weighted by Gasteiger charge is -2.19. The first-order chi connectivity index (χ1) is 9.56. The van der Waals surface area contributed by atoms with Crippen LogP contribution in [0.5, 0.6) is 0 Å². The minimum Gasteiger partial charge on any atom is -0.341 e. The Bertz CT molecular complexity index is 405. The smallest absolute Gasteiger partial charge is 0.222 e. The fourth-order valence-corrected chi connectivity index (χ4v) is 2.26. The van der Waals surface area contributed by atoms with Crippen molar-refractivity contribution in [3.63, 3.8) is 0 Å². The van der Waals surface area contributed by atoms with Gasteiger partial charge in [-0.25, -0.2) is 4.39 Å². The maximum Gasteiger partial charge on any atom is 0.222 e. The van der Waals surface area contributed by atoms with Crippen molar-refractivity contribution in [3.8, 4) is 0 Å². The summed E-state index contributed by atoms with van der Waals surface area (Å²) >= 11 is 0. The van der Waals surface area contributed by atoms with Crippen molar-refractivity contribution in [1.29, 1.82) is 0 Å². The van der Waals surface area contributed by atoms with Gasteiger partial charge in [0.2, 0.25) is 5.91 Å². The highest BCUT2D eigenvalue weighted by molar-refractivity contribution is 5.75. The summed E-state index contributed by atoms with van der Waals surface area (Å²) in [6.45, 7) is 3.33. The fraction of sp³-hybridized carbons (Fsp3) is 0.562. The zero-order valence-electron chi connectivity index (χ0n) is 12.4. The average Bonchev–Trinajstić information content (AvgIpc) is 2.45. The van der Waals surface area contributed by atoms with Crippen molar-refractivity contribution in [2.24, 2.45) is 11.7 Å². The minimum absolute atomic E-state index is 0.129. The lowest BCUT2D eigenvalue weighted by molar-refractivity contribution is -0.130. The van der Waals surface area contributed by atoms with Crippen LogP contribution in [0.15, 0.2) is 24.3 Å². The van der Waals surface area contributed by atoms with Gasteiger partial charge in [0.05, 0.1) is 0 Å². The predicted molar refractivity (Wildman–Crippen MR) is 79.6 cm³/mol. The molecule has 0 saturated heterocycles. The number of nitrogens with zero attached hydrogens (tertiary/aromatic N) is 1. The Labute approximate surface area is 121 Å². The van der Waals surface area contributed by atoms with E-state index in [1.807, 2.05) is 0 Å². The molecule has 0 saturated carbocycles. The van der Waals surface area contributed by atoms with E-state index in [0.717, 1.165) is 24.8 Å². The zero-order valence-corrected chi connectivity index (χ0v) is 12.4. The number of hydrogen-bond donors (Lipinski definition) is 1. The molecule has 112 valence electrons. The molecule has 0 radical (unpaired) electrons. The van der Waals surface area contributed by atoms with Gasteiger partial charge >= 0.3 is 0 Å². The van der Waals surface area contributed by atoms with E-state index in [4.69, 9.17) is 5.73 Å². The summed E-state index contributed by atoms with van der Waals surface area (Å²) in [7, 11) is 1.79. The van der Waals surface area contributed by atoms with Gasteiger partial charge < -0.3 is 10.6 Å². The van der Waals surface area contributed by atoms with Gasteiger partial charge in [-0.3, -0.25) is 4.79 Å². The third kappa shape index (κ3) is 5.70. The van der Waals surface area contributed by atoms with Crippen molar-refractivity contribution in [1.82, 2.24) is 4.90 Å². The van der Waals surface area contributed by atoms with Gasteiger partial charge in [-0.15, -0.1) is 0 Å². The third-order valence-electron chi connectivity index (χ3n) is 3.68. The molecule has 20 heavy (non-hydrogen) atoms. The van der Waals surface area contributed by atoms with E-state index in [1.54, 1.807) is 24.1 Å². The van der Waals surface area contributed by atoms with Gasteiger partial charge in [-0.1, -0.05) is 25.5 Å². The third-order valence-corrected chi connectivity index (χ3v) is 3.68. The van der Waals surface area contributed by atoms with Gasteiger partial charge in [0.25, 0.3) is 0 Å². The molecule has 1 atom stereocenters. The van der Waals surface area contributed by atoms with E-state index in [9.17, 15) is 9.18 Å². The van der Waals surface area contributed by atoms with E-state index < -0.39 is 0 Å². The molecule has 0 bridgehead atoms. The number of halogens is 1. The Hall–Kier alpha value is -1.42. The van der Waals surface area contributed by atoms with Crippen molar-refractivity contribution in [3.05, 3.63) is 35.6 Å². The van der Waals surface area contributed by atoms with Gasteiger partial charge in [0, 0.05) is 20.0 Å². The van der Waals surface area contributed by atoms with Gasteiger partial charge in [-0.05, 0) is 43.0 Å².